The van der Waals surface area contributed by atoms with Crippen LogP contribution in [0, 0.1) is 11.6 Å². The summed E-state index contributed by atoms with van der Waals surface area (Å²) >= 11 is 1.02. The molecule has 0 bridgehead atoms. The summed E-state index contributed by atoms with van der Waals surface area (Å²) in [6.07, 6.45) is 0.374. The van der Waals surface area contributed by atoms with Gasteiger partial charge in [0.15, 0.2) is 22.6 Å². The molecule has 1 aromatic carbocycles. The molecule has 2 fully saturated rings. The summed E-state index contributed by atoms with van der Waals surface area (Å²) < 4.78 is 74.3. The highest BCUT2D eigenvalue weighted by molar-refractivity contribution is 7.98. The third kappa shape index (κ3) is 6.20. The summed E-state index contributed by atoms with van der Waals surface area (Å²) in [5.41, 5.74) is -0.751. The zero-order valence-electron chi connectivity index (χ0n) is 19.9. The Morgan fingerprint density at radius 2 is 2.03 bits per heavy atom. The Labute approximate surface area is 207 Å². The van der Waals surface area contributed by atoms with Crippen molar-refractivity contribution < 1.29 is 31.4 Å². The van der Waals surface area contributed by atoms with E-state index in [0.29, 0.717) is 19.7 Å². The topological polar surface area (TPSA) is 103 Å². The number of ether oxygens (including phenoxy) is 3. The number of nitrogens with zero attached hydrogens (tertiary/aromatic N) is 3. The molecule has 35 heavy (non-hydrogen) atoms. The molecule has 0 amide bonds. The minimum absolute atomic E-state index is 0.00355. The zero-order valence-corrected chi connectivity index (χ0v) is 21.5. The van der Waals surface area contributed by atoms with E-state index >= 15 is 0 Å². The SMILES string of the molecule is CC1(C)OC[C@H](C(C)(C)Oc2cc(NS(=O)(=O)N3CCC3)nc(SCc3cccc(F)c3F)n2)O1. The molecule has 1 atom stereocenters. The Kier molecular flexibility index (Phi) is 7.26. The van der Waals surface area contributed by atoms with Gasteiger partial charge < -0.3 is 14.2 Å². The Hall–Kier alpha value is -2.06. The maximum Gasteiger partial charge on any atom is 0.302 e. The molecule has 1 N–H and O–H groups in total. The van der Waals surface area contributed by atoms with Crippen LogP contribution in [0.1, 0.15) is 39.7 Å². The number of hydrogen-bond donors (Lipinski definition) is 1. The van der Waals surface area contributed by atoms with Crippen LogP contribution in [0.5, 0.6) is 5.88 Å². The number of hydrogen-bond acceptors (Lipinski definition) is 8. The molecule has 4 rings (SSSR count). The Balaban J connectivity index is 1.58. The Bertz CT molecular complexity index is 1190. The van der Waals surface area contributed by atoms with E-state index in [1.165, 1.54) is 22.5 Å². The molecule has 2 saturated heterocycles. The first-order valence-corrected chi connectivity index (χ1v) is 13.5. The fourth-order valence-electron chi connectivity index (χ4n) is 3.46. The lowest BCUT2D eigenvalue weighted by Gasteiger charge is -2.32. The van der Waals surface area contributed by atoms with Gasteiger partial charge in [-0.15, -0.1) is 0 Å². The van der Waals surface area contributed by atoms with Crippen LogP contribution in [0.4, 0.5) is 14.6 Å². The number of aromatic nitrogens is 2. The van der Waals surface area contributed by atoms with Crippen LogP contribution >= 0.6 is 11.8 Å². The van der Waals surface area contributed by atoms with E-state index < -0.39 is 39.3 Å². The maximum absolute atomic E-state index is 14.1. The van der Waals surface area contributed by atoms with Gasteiger partial charge in [-0.1, -0.05) is 23.9 Å². The summed E-state index contributed by atoms with van der Waals surface area (Å²) in [6.45, 7) is 8.37. The Morgan fingerprint density at radius 3 is 2.66 bits per heavy atom. The third-order valence-electron chi connectivity index (χ3n) is 5.61. The van der Waals surface area contributed by atoms with Crippen molar-refractivity contribution in [2.45, 2.75) is 62.5 Å². The van der Waals surface area contributed by atoms with E-state index in [-0.39, 0.29) is 28.2 Å². The highest BCUT2D eigenvalue weighted by Crippen LogP contribution is 2.33. The number of nitrogens with one attached hydrogen (secondary N) is 1. The lowest BCUT2D eigenvalue weighted by Crippen LogP contribution is -2.45. The van der Waals surface area contributed by atoms with Gasteiger partial charge in [0.2, 0.25) is 5.88 Å². The highest BCUT2D eigenvalue weighted by Gasteiger charge is 2.43. The quantitative estimate of drug-likeness (QED) is 0.387. The van der Waals surface area contributed by atoms with Crippen molar-refractivity contribution in [2.75, 3.05) is 24.4 Å². The highest BCUT2D eigenvalue weighted by atomic mass is 32.2. The van der Waals surface area contributed by atoms with Gasteiger partial charge in [-0.2, -0.15) is 17.7 Å². The Morgan fingerprint density at radius 1 is 1.29 bits per heavy atom. The van der Waals surface area contributed by atoms with Crippen LogP contribution < -0.4 is 9.46 Å². The first-order valence-electron chi connectivity index (χ1n) is 11.1. The average Bonchev–Trinajstić information content (AvgIpc) is 3.07. The first kappa shape index (κ1) is 26.0. The molecule has 2 aliphatic rings. The van der Waals surface area contributed by atoms with Gasteiger partial charge in [0.05, 0.1) is 6.61 Å². The second-order valence-electron chi connectivity index (χ2n) is 9.26. The molecule has 0 spiro atoms. The van der Waals surface area contributed by atoms with Crippen molar-refractivity contribution in [3.8, 4) is 5.88 Å². The third-order valence-corrected chi connectivity index (χ3v) is 8.02. The second kappa shape index (κ2) is 9.77. The molecule has 0 aliphatic carbocycles. The number of halogens is 2. The van der Waals surface area contributed by atoms with E-state index in [1.807, 2.05) is 13.8 Å². The van der Waals surface area contributed by atoms with Gasteiger partial charge in [-0.3, -0.25) is 4.72 Å². The molecular formula is C22H28F2N4O5S2. The molecule has 3 heterocycles. The van der Waals surface area contributed by atoms with Crippen LogP contribution in [-0.4, -0.2) is 59.9 Å². The largest absolute Gasteiger partial charge is 0.469 e. The fraction of sp³-hybridized carbons (Fsp3) is 0.545. The van der Waals surface area contributed by atoms with Crippen molar-refractivity contribution in [1.82, 2.24) is 14.3 Å². The molecule has 0 saturated carbocycles. The van der Waals surface area contributed by atoms with Gasteiger partial charge >= 0.3 is 10.2 Å². The summed E-state index contributed by atoms with van der Waals surface area (Å²) in [5, 5.41) is 0.132. The van der Waals surface area contributed by atoms with Gasteiger partial charge in [-0.25, -0.2) is 13.8 Å². The maximum atomic E-state index is 14.1. The summed E-state index contributed by atoms with van der Waals surface area (Å²) in [7, 11) is -3.79. The van der Waals surface area contributed by atoms with Crippen molar-refractivity contribution in [3.63, 3.8) is 0 Å². The van der Waals surface area contributed by atoms with Gasteiger partial charge in [0.1, 0.15) is 17.5 Å². The summed E-state index contributed by atoms with van der Waals surface area (Å²) in [4.78, 5) is 8.63. The van der Waals surface area contributed by atoms with Gasteiger partial charge in [-0.05, 0) is 40.2 Å². The van der Waals surface area contributed by atoms with E-state index in [2.05, 4.69) is 14.7 Å². The molecule has 0 unspecified atom stereocenters. The number of benzene rings is 1. The number of rotatable bonds is 9. The van der Waals surface area contributed by atoms with E-state index in [4.69, 9.17) is 14.2 Å². The summed E-state index contributed by atoms with van der Waals surface area (Å²) in [6, 6.07) is 5.29. The molecule has 13 heteroatoms. The standard InChI is InChI=1S/C22H28F2N4O5S2/c1-21(2,16-12-31-22(3,4)32-16)33-18-11-17(27-35(29,30)28-9-6-10-28)25-20(26-18)34-13-14-7-5-8-15(23)19(14)24/h5,7-8,11,16H,6,9-10,12-13H2,1-4H3,(H,25,26,27)/t16-/m1/s1. The molecule has 2 aliphatic heterocycles. The van der Waals surface area contributed by atoms with Crippen molar-refractivity contribution in [2.24, 2.45) is 0 Å². The van der Waals surface area contributed by atoms with Crippen molar-refractivity contribution in [1.29, 1.82) is 0 Å². The first-order chi connectivity index (χ1) is 16.3. The van der Waals surface area contributed by atoms with Crippen LogP contribution in [0.3, 0.4) is 0 Å². The van der Waals surface area contributed by atoms with Crippen LogP contribution in [0.2, 0.25) is 0 Å². The van der Waals surface area contributed by atoms with Crippen molar-refractivity contribution >= 4 is 27.8 Å². The molecule has 2 aromatic rings. The fourth-order valence-corrected chi connectivity index (χ4v) is 5.53. The predicted molar refractivity (Wildman–Crippen MR) is 126 cm³/mol. The molecular weight excluding hydrogens is 502 g/mol. The van der Waals surface area contributed by atoms with E-state index in [1.54, 1.807) is 13.8 Å². The molecule has 0 radical (unpaired) electrons. The van der Waals surface area contributed by atoms with E-state index in [0.717, 1.165) is 24.2 Å². The molecule has 9 nitrogen and oxygen atoms in total. The minimum Gasteiger partial charge on any atom is -0.469 e. The molecule has 192 valence electrons. The second-order valence-corrected chi connectivity index (χ2v) is 11.9. The van der Waals surface area contributed by atoms with Gasteiger partial charge in [0, 0.05) is 30.5 Å². The summed E-state index contributed by atoms with van der Waals surface area (Å²) in [5.74, 6) is -2.53. The molecule has 1 aromatic heterocycles. The smallest absolute Gasteiger partial charge is 0.302 e. The van der Waals surface area contributed by atoms with Crippen LogP contribution in [0.25, 0.3) is 0 Å². The van der Waals surface area contributed by atoms with Crippen molar-refractivity contribution in [3.05, 3.63) is 41.5 Å². The zero-order chi connectivity index (χ0) is 25.4. The predicted octanol–water partition coefficient (Wildman–Crippen LogP) is 3.72. The number of anilines is 1. The average molecular weight is 531 g/mol. The van der Waals surface area contributed by atoms with Crippen LogP contribution in [0.15, 0.2) is 29.4 Å². The normalized spacial score (nSPS) is 20.5. The van der Waals surface area contributed by atoms with Gasteiger partial charge in [0.25, 0.3) is 0 Å². The van der Waals surface area contributed by atoms with Crippen LogP contribution in [-0.2, 0) is 25.4 Å². The van der Waals surface area contributed by atoms with E-state index in [9.17, 15) is 17.2 Å². The lowest BCUT2D eigenvalue weighted by molar-refractivity contribution is -0.159. The monoisotopic (exact) mass is 530 g/mol. The lowest BCUT2D eigenvalue weighted by atomic mass is 10.0. The minimum atomic E-state index is -3.79. The number of thioether (sulfide) groups is 1.